The Balaban J connectivity index is 1.76. The van der Waals surface area contributed by atoms with E-state index in [4.69, 9.17) is 5.84 Å². The van der Waals surface area contributed by atoms with Crippen molar-refractivity contribution in [3.05, 3.63) is 33.9 Å². The molecule has 0 aromatic heterocycles. The van der Waals surface area contributed by atoms with Gasteiger partial charge < -0.3 is 10.7 Å². The number of hydrazine groups is 1. The summed E-state index contributed by atoms with van der Waals surface area (Å²) in [5, 5.41) is 14.0. The number of nitro groups is 1. The molecule has 2 aliphatic carbocycles. The molecule has 1 aromatic rings. The Hall–Kier alpha value is -2.15. The van der Waals surface area contributed by atoms with E-state index in [1.165, 1.54) is 25.0 Å². The predicted molar refractivity (Wildman–Crippen MR) is 77.6 cm³/mol. The molecule has 0 heterocycles. The van der Waals surface area contributed by atoms with E-state index in [2.05, 4.69) is 10.7 Å². The lowest BCUT2D eigenvalue weighted by Crippen LogP contribution is -2.31. The van der Waals surface area contributed by atoms with Gasteiger partial charge in [0.15, 0.2) is 0 Å². The molecule has 7 nitrogen and oxygen atoms in total. The van der Waals surface area contributed by atoms with Crippen LogP contribution in [0.25, 0.3) is 0 Å². The Morgan fingerprint density at radius 1 is 1.43 bits per heavy atom. The lowest BCUT2D eigenvalue weighted by Gasteiger charge is -2.15. The minimum absolute atomic E-state index is 0.0436. The number of amides is 1. The smallest absolute Gasteiger partial charge is 0.306 e. The summed E-state index contributed by atoms with van der Waals surface area (Å²) in [6.45, 7) is 0.605. The summed E-state index contributed by atoms with van der Waals surface area (Å²) in [5.41, 5.74) is 2.42. The highest BCUT2D eigenvalue weighted by atomic mass is 16.6. The number of nitro benzene ring substituents is 1. The number of benzene rings is 1. The van der Waals surface area contributed by atoms with Crippen LogP contribution < -0.4 is 16.6 Å². The Bertz CT molecular complexity index is 594. The zero-order chi connectivity index (χ0) is 15.0. The summed E-state index contributed by atoms with van der Waals surface area (Å²) in [6, 6.07) is 4.50. The highest BCUT2D eigenvalue weighted by Gasteiger charge is 2.53. The second-order valence-corrected chi connectivity index (χ2v) is 5.92. The molecule has 21 heavy (non-hydrogen) atoms. The zero-order valence-electron chi connectivity index (χ0n) is 11.6. The first-order chi connectivity index (χ1) is 10.1. The number of carbonyl (C=O) groups excluding carboxylic acids is 1. The first-order valence-electron chi connectivity index (χ1n) is 7.09. The quantitative estimate of drug-likeness (QED) is 0.420. The Kier molecular flexibility index (Phi) is 3.29. The molecular formula is C14H18N4O3. The number of nitrogens with one attached hydrogen (secondary N) is 2. The monoisotopic (exact) mass is 290 g/mol. The molecule has 112 valence electrons. The zero-order valence-corrected chi connectivity index (χ0v) is 11.6. The van der Waals surface area contributed by atoms with E-state index in [-0.39, 0.29) is 22.4 Å². The lowest BCUT2D eigenvalue weighted by atomic mass is 10.0. The maximum atomic E-state index is 12.3. The van der Waals surface area contributed by atoms with Crippen molar-refractivity contribution >= 4 is 17.3 Å². The first-order valence-corrected chi connectivity index (χ1v) is 7.09. The van der Waals surface area contributed by atoms with Gasteiger partial charge in [0.05, 0.1) is 4.92 Å². The van der Waals surface area contributed by atoms with Crippen LogP contribution in [0.3, 0.4) is 0 Å². The van der Waals surface area contributed by atoms with Crippen molar-refractivity contribution < 1.29 is 9.72 Å². The fourth-order valence-corrected chi connectivity index (χ4v) is 2.98. The van der Waals surface area contributed by atoms with Crippen LogP contribution in [0.15, 0.2) is 18.2 Å². The number of carbonyl (C=O) groups is 1. The highest BCUT2D eigenvalue weighted by Crippen LogP contribution is 2.60. The maximum Gasteiger partial charge on any atom is 0.306 e. The molecule has 7 heteroatoms. The summed E-state index contributed by atoms with van der Waals surface area (Å²) in [5.74, 6) is 5.59. The van der Waals surface area contributed by atoms with Crippen molar-refractivity contribution in [1.29, 1.82) is 0 Å². The van der Waals surface area contributed by atoms with Crippen LogP contribution >= 0.6 is 0 Å². The van der Waals surface area contributed by atoms with Gasteiger partial charge in [-0.1, -0.05) is 6.07 Å². The van der Waals surface area contributed by atoms with Crippen LogP contribution in [-0.4, -0.2) is 17.4 Å². The molecule has 0 radical (unpaired) electrons. The third kappa shape index (κ3) is 2.56. The predicted octanol–water partition coefficient (Wildman–Crippen LogP) is 1.80. The average Bonchev–Trinajstić information content (AvgIpc) is 3.36. The van der Waals surface area contributed by atoms with E-state index >= 15 is 0 Å². The van der Waals surface area contributed by atoms with E-state index < -0.39 is 10.8 Å². The number of nitrogens with zero attached hydrogens (tertiary/aromatic N) is 1. The van der Waals surface area contributed by atoms with E-state index in [9.17, 15) is 14.9 Å². The van der Waals surface area contributed by atoms with Crippen LogP contribution in [0.1, 0.15) is 36.0 Å². The number of nitrogen functional groups attached to an aromatic ring is 1. The number of nitrogens with two attached hydrogens (primary N) is 1. The SMILES string of the molecule is NNc1cccc(C(=O)NCC2(C3CC3)CC2)c1[N+](=O)[O-]. The van der Waals surface area contributed by atoms with E-state index in [0.717, 1.165) is 18.8 Å². The highest BCUT2D eigenvalue weighted by molar-refractivity contribution is 6.00. The molecule has 0 spiro atoms. The van der Waals surface area contributed by atoms with Gasteiger partial charge in [-0.3, -0.25) is 20.8 Å². The van der Waals surface area contributed by atoms with Crippen molar-refractivity contribution in [3.8, 4) is 0 Å². The van der Waals surface area contributed by atoms with Gasteiger partial charge in [0, 0.05) is 6.54 Å². The van der Waals surface area contributed by atoms with Gasteiger partial charge in [-0.15, -0.1) is 0 Å². The van der Waals surface area contributed by atoms with Gasteiger partial charge in [-0.05, 0) is 49.1 Å². The molecule has 1 amide bonds. The first kappa shape index (κ1) is 13.8. The third-order valence-corrected chi connectivity index (χ3v) is 4.56. The Labute approximate surface area is 122 Å². The van der Waals surface area contributed by atoms with Crippen molar-refractivity contribution in [2.45, 2.75) is 25.7 Å². The largest absolute Gasteiger partial charge is 0.351 e. The van der Waals surface area contributed by atoms with Gasteiger partial charge in [-0.25, -0.2) is 0 Å². The standard InChI is InChI=1S/C14H18N4O3/c15-17-11-3-1-2-10(12(11)18(20)21)13(19)16-8-14(6-7-14)9-4-5-9/h1-3,9,17H,4-8,15H2,(H,16,19). The summed E-state index contributed by atoms with van der Waals surface area (Å²) in [4.78, 5) is 22.9. The summed E-state index contributed by atoms with van der Waals surface area (Å²) in [7, 11) is 0. The van der Waals surface area contributed by atoms with Gasteiger partial charge in [0.2, 0.25) is 0 Å². The molecule has 3 rings (SSSR count). The maximum absolute atomic E-state index is 12.3. The van der Waals surface area contributed by atoms with Gasteiger partial charge in [-0.2, -0.15) is 0 Å². The van der Waals surface area contributed by atoms with Crippen molar-refractivity contribution in [3.63, 3.8) is 0 Å². The van der Waals surface area contributed by atoms with Crippen molar-refractivity contribution in [1.82, 2.24) is 5.32 Å². The van der Waals surface area contributed by atoms with Crippen LogP contribution in [0, 0.1) is 21.4 Å². The molecule has 0 aliphatic heterocycles. The minimum Gasteiger partial charge on any atom is -0.351 e. The van der Waals surface area contributed by atoms with Crippen LogP contribution in [0.4, 0.5) is 11.4 Å². The molecule has 2 saturated carbocycles. The topological polar surface area (TPSA) is 110 Å². The fraction of sp³-hybridized carbons (Fsp3) is 0.500. The normalized spacial score (nSPS) is 18.9. The lowest BCUT2D eigenvalue weighted by molar-refractivity contribution is -0.384. The molecule has 2 fully saturated rings. The van der Waals surface area contributed by atoms with Crippen LogP contribution in [0.5, 0.6) is 0 Å². The summed E-state index contributed by atoms with van der Waals surface area (Å²) >= 11 is 0. The third-order valence-electron chi connectivity index (χ3n) is 4.56. The van der Waals surface area contributed by atoms with Crippen molar-refractivity contribution in [2.75, 3.05) is 12.0 Å². The average molecular weight is 290 g/mol. The van der Waals surface area contributed by atoms with Gasteiger partial charge in [0.25, 0.3) is 5.91 Å². The second-order valence-electron chi connectivity index (χ2n) is 5.92. The Morgan fingerprint density at radius 3 is 2.67 bits per heavy atom. The molecule has 4 N–H and O–H groups in total. The molecule has 2 aliphatic rings. The number of anilines is 1. The number of rotatable bonds is 6. The van der Waals surface area contributed by atoms with E-state index in [1.54, 1.807) is 6.07 Å². The van der Waals surface area contributed by atoms with Crippen LogP contribution in [0.2, 0.25) is 0 Å². The minimum atomic E-state index is -0.585. The van der Waals surface area contributed by atoms with Crippen LogP contribution in [-0.2, 0) is 0 Å². The van der Waals surface area contributed by atoms with E-state index in [1.807, 2.05) is 0 Å². The Morgan fingerprint density at radius 2 is 2.14 bits per heavy atom. The molecule has 1 aromatic carbocycles. The van der Waals surface area contributed by atoms with Gasteiger partial charge in [0.1, 0.15) is 11.3 Å². The molecule has 0 saturated heterocycles. The summed E-state index contributed by atoms with van der Waals surface area (Å²) < 4.78 is 0. The molecule has 0 atom stereocenters. The van der Waals surface area contributed by atoms with Gasteiger partial charge >= 0.3 is 5.69 Å². The molecular weight excluding hydrogens is 272 g/mol. The number of para-hydroxylation sites is 1. The van der Waals surface area contributed by atoms with E-state index in [0.29, 0.717) is 6.54 Å². The summed E-state index contributed by atoms with van der Waals surface area (Å²) in [6.07, 6.45) is 4.76. The second kappa shape index (κ2) is 5.00. The van der Waals surface area contributed by atoms with Crippen molar-refractivity contribution in [2.24, 2.45) is 17.2 Å². The fourth-order valence-electron chi connectivity index (χ4n) is 2.98. The number of hydrogen-bond donors (Lipinski definition) is 3. The number of hydrogen-bond acceptors (Lipinski definition) is 5. The molecule has 0 unspecified atom stereocenters. The molecule has 0 bridgehead atoms.